The highest BCUT2D eigenvalue weighted by Gasteiger charge is 2.19. The van der Waals surface area contributed by atoms with Crippen molar-refractivity contribution in [1.29, 1.82) is 0 Å². The Balaban J connectivity index is 3.16. The molecule has 3 nitrogen and oxygen atoms in total. The SMILES string of the molecule is COc1ccc(NC(=O)S)cc1C(C)(C)C. The highest BCUT2D eigenvalue weighted by Crippen LogP contribution is 2.33. The van der Waals surface area contributed by atoms with Crippen molar-refractivity contribution in [3.63, 3.8) is 0 Å². The van der Waals surface area contributed by atoms with Gasteiger partial charge in [0, 0.05) is 11.3 Å². The standard InChI is InChI=1S/C12H17NO2S/c1-12(2,3)9-7-8(13-11(14)16)5-6-10(9)15-4/h5-7H,1-4H3,(H2,13,14,16). The summed E-state index contributed by atoms with van der Waals surface area (Å²) in [5.41, 5.74) is 1.74. The van der Waals surface area contributed by atoms with Crippen molar-refractivity contribution in [2.75, 3.05) is 12.4 Å². The van der Waals surface area contributed by atoms with Crippen molar-refractivity contribution in [2.45, 2.75) is 26.2 Å². The maximum Gasteiger partial charge on any atom is 0.280 e. The summed E-state index contributed by atoms with van der Waals surface area (Å²) >= 11 is 3.68. The molecular weight excluding hydrogens is 222 g/mol. The molecule has 0 bridgehead atoms. The Bertz CT molecular complexity index is 396. The smallest absolute Gasteiger partial charge is 0.280 e. The van der Waals surface area contributed by atoms with E-state index >= 15 is 0 Å². The van der Waals surface area contributed by atoms with Crippen LogP contribution in [0.4, 0.5) is 10.5 Å². The molecule has 1 N–H and O–H groups in total. The highest BCUT2D eigenvalue weighted by molar-refractivity contribution is 7.96. The Kier molecular flexibility index (Phi) is 3.86. The van der Waals surface area contributed by atoms with Gasteiger partial charge in [-0.05, 0) is 23.6 Å². The number of rotatable bonds is 2. The second-order valence-corrected chi connectivity index (χ2v) is 5.00. The molecule has 88 valence electrons. The molecule has 1 rings (SSSR count). The van der Waals surface area contributed by atoms with E-state index in [4.69, 9.17) is 4.74 Å². The molecule has 0 aliphatic rings. The number of carbonyl (C=O) groups excluding carboxylic acids is 1. The van der Waals surface area contributed by atoms with Gasteiger partial charge >= 0.3 is 0 Å². The predicted octanol–water partition coefficient (Wildman–Crippen LogP) is 3.45. The van der Waals surface area contributed by atoms with Gasteiger partial charge in [0.1, 0.15) is 5.75 Å². The first kappa shape index (κ1) is 12.9. The van der Waals surface area contributed by atoms with E-state index in [0.29, 0.717) is 0 Å². The zero-order valence-electron chi connectivity index (χ0n) is 10.00. The van der Waals surface area contributed by atoms with Crippen LogP contribution in [-0.2, 0) is 5.41 Å². The number of benzene rings is 1. The molecule has 0 aromatic heterocycles. The topological polar surface area (TPSA) is 38.3 Å². The van der Waals surface area contributed by atoms with Crippen molar-refractivity contribution in [3.8, 4) is 5.75 Å². The zero-order valence-corrected chi connectivity index (χ0v) is 10.9. The molecule has 4 heteroatoms. The number of carbonyl (C=O) groups is 1. The summed E-state index contributed by atoms with van der Waals surface area (Å²) in [7, 11) is 1.64. The Morgan fingerprint density at radius 2 is 2.00 bits per heavy atom. The Labute approximate surface area is 102 Å². The van der Waals surface area contributed by atoms with E-state index in [2.05, 4.69) is 38.7 Å². The Hall–Kier alpha value is -1.16. The minimum Gasteiger partial charge on any atom is -0.496 e. The van der Waals surface area contributed by atoms with Crippen LogP contribution in [0, 0.1) is 0 Å². The third-order valence-corrected chi connectivity index (χ3v) is 2.37. The molecule has 1 aromatic carbocycles. The van der Waals surface area contributed by atoms with Gasteiger partial charge in [0.25, 0.3) is 5.24 Å². The van der Waals surface area contributed by atoms with E-state index < -0.39 is 0 Å². The lowest BCUT2D eigenvalue weighted by molar-refractivity contribution is 0.270. The maximum absolute atomic E-state index is 10.9. The van der Waals surface area contributed by atoms with E-state index in [1.807, 2.05) is 12.1 Å². The van der Waals surface area contributed by atoms with Gasteiger partial charge < -0.3 is 10.1 Å². The quantitative estimate of drug-likeness (QED) is 0.776. The lowest BCUT2D eigenvalue weighted by Crippen LogP contribution is -2.13. The average Bonchev–Trinajstić information content (AvgIpc) is 2.15. The van der Waals surface area contributed by atoms with Crippen molar-refractivity contribution in [1.82, 2.24) is 0 Å². The molecule has 0 spiro atoms. The van der Waals surface area contributed by atoms with E-state index in [1.54, 1.807) is 13.2 Å². The monoisotopic (exact) mass is 239 g/mol. The fourth-order valence-electron chi connectivity index (χ4n) is 1.50. The Morgan fingerprint density at radius 1 is 1.38 bits per heavy atom. The number of thiol groups is 1. The average molecular weight is 239 g/mol. The van der Waals surface area contributed by atoms with Gasteiger partial charge in [-0.15, -0.1) is 0 Å². The van der Waals surface area contributed by atoms with Gasteiger partial charge in [0.15, 0.2) is 0 Å². The first-order chi connectivity index (χ1) is 7.34. The van der Waals surface area contributed by atoms with Gasteiger partial charge in [0.2, 0.25) is 0 Å². The second-order valence-electron chi connectivity index (χ2n) is 4.60. The zero-order chi connectivity index (χ0) is 12.3. The van der Waals surface area contributed by atoms with Crippen LogP contribution in [0.25, 0.3) is 0 Å². The number of amides is 1. The molecule has 0 unspecified atom stereocenters. The molecule has 0 aliphatic carbocycles. The highest BCUT2D eigenvalue weighted by atomic mass is 32.1. The van der Waals surface area contributed by atoms with Crippen LogP contribution in [-0.4, -0.2) is 12.3 Å². The first-order valence-corrected chi connectivity index (χ1v) is 5.48. The summed E-state index contributed by atoms with van der Waals surface area (Å²) in [6.07, 6.45) is 0. The largest absolute Gasteiger partial charge is 0.496 e. The minimum atomic E-state index is -0.370. The van der Waals surface area contributed by atoms with Crippen molar-refractivity contribution in [3.05, 3.63) is 23.8 Å². The van der Waals surface area contributed by atoms with Gasteiger partial charge in [-0.25, -0.2) is 0 Å². The molecule has 1 amide bonds. The van der Waals surface area contributed by atoms with Crippen LogP contribution in [0.3, 0.4) is 0 Å². The maximum atomic E-state index is 10.9. The third kappa shape index (κ3) is 3.17. The van der Waals surface area contributed by atoms with E-state index in [0.717, 1.165) is 17.0 Å². The number of ether oxygens (including phenoxy) is 1. The number of hydrogen-bond donors (Lipinski definition) is 2. The molecule has 0 atom stereocenters. The summed E-state index contributed by atoms with van der Waals surface area (Å²) < 4.78 is 5.30. The van der Waals surface area contributed by atoms with Gasteiger partial charge in [-0.1, -0.05) is 33.4 Å². The molecular formula is C12H17NO2S. The lowest BCUT2D eigenvalue weighted by Gasteiger charge is -2.22. The minimum absolute atomic E-state index is 0.0390. The van der Waals surface area contributed by atoms with E-state index in [9.17, 15) is 4.79 Å². The Morgan fingerprint density at radius 3 is 2.44 bits per heavy atom. The first-order valence-electron chi connectivity index (χ1n) is 5.03. The normalized spacial score (nSPS) is 11.1. The van der Waals surface area contributed by atoms with E-state index in [-0.39, 0.29) is 10.7 Å². The third-order valence-electron chi connectivity index (χ3n) is 2.26. The second kappa shape index (κ2) is 4.78. The van der Waals surface area contributed by atoms with Crippen molar-refractivity contribution >= 4 is 23.6 Å². The fourth-order valence-corrected chi connectivity index (χ4v) is 1.62. The summed E-state index contributed by atoms with van der Waals surface area (Å²) in [6.45, 7) is 6.28. The van der Waals surface area contributed by atoms with Gasteiger partial charge in [-0.2, -0.15) is 0 Å². The summed E-state index contributed by atoms with van der Waals surface area (Å²) in [4.78, 5) is 10.9. The number of hydrogen-bond acceptors (Lipinski definition) is 2. The van der Waals surface area contributed by atoms with Crippen LogP contribution in [0.15, 0.2) is 18.2 Å². The van der Waals surface area contributed by atoms with Gasteiger partial charge in [-0.3, -0.25) is 4.79 Å². The lowest BCUT2D eigenvalue weighted by atomic mass is 9.86. The van der Waals surface area contributed by atoms with Crippen molar-refractivity contribution < 1.29 is 9.53 Å². The molecule has 0 saturated heterocycles. The van der Waals surface area contributed by atoms with Crippen LogP contribution >= 0.6 is 12.6 Å². The van der Waals surface area contributed by atoms with Crippen LogP contribution in [0.2, 0.25) is 0 Å². The molecule has 0 saturated carbocycles. The van der Waals surface area contributed by atoms with Crippen LogP contribution in [0.5, 0.6) is 5.75 Å². The van der Waals surface area contributed by atoms with Crippen molar-refractivity contribution in [2.24, 2.45) is 0 Å². The summed E-state index contributed by atoms with van der Waals surface area (Å²) in [6, 6.07) is 5.55. The molecule has 0 fully saturated rings. The molecule has 0 aliphatic heterocycles. The predicted molar refractivity (Wildman–Crippen MR) is 69.7 cm³/mol. The number of nitrogens with one attached hydrogen (secondary N) is 1. The van der Waals surface area contributed by atoms with Gasteiger partial charge in [0.05, 0.1) is 7.11 Å². The number of anilines is 1. The molecule has 0 heterocycles. The van der Waals surface area contributed by atoms with E-state index in [1.165, 1.54) is 0 Å². The van der Waals surface area contributed by atoms with Crippen LogP contribution in [0.1, 0.15) is 26.3 Å². The molecule has 16 heavy (non-hydrogen) atoms. The molecule has 1 aromatic rings. The fraction of sp³-hybridized carbons (Fsp3) is 0.417. The number of methoxy groups -OCH3 is 1. The summed E-state index contributed by atoms with van der Waals surface area (Å²) in [5.74, 6) is 0.824. The molecule has 0 radical (unpaired) electrons. The summed E-state index contributed by atoms with van der Waals surface area (Å²) in [5, 5.41) is 2.27. The van der Waals surface area contributed by atoms with Crippen LogP contribution < -0.4 is 10.1 Å².